The van der Waals surface area contributed by atoms with Crippen LogP contribution in [-0.2, 0) is 54.8 Å². The van der Waals surface area contributed by atoms with Gasteiger partial charge >= 0.3 is 0 Å². The Bertz CT molecular complexity index is 1220. The highest BCUT2D eigenvalue weighted by Crippen LogP contribution is 2.26. The maximum absolute atomic E-state index is 10.5. The van der Waals surface area contributed by atoms with Crippen molar-refractivity contribution in [3.8, 4) is 0 Å². The first kappa shape index (κ1) is 34.5. The molecule has 6 N–H and O–H groups in total. The van der Waals surface area contributed by atoms with Crippen molar-refractivity contribution in [2.24, 2.45) is 0 Å². The summed E-state index contributed by atoms with van der Waals surface area (Å²) < 4.78 is 34.4. The topological polar surface area (TPSA) is 177 Å². The molecule has 3 aromatic rings. The summed E-state index contributed by atoms with van der Waals surface area (Å²) in [5.74, 6) is 0. The Labute approximate surface area is 267 Å². The van der Waals surface area contributed by atoms with Crippen molar-refractivity contribution < 1.29 is 59.1 Å². The van der Waals surface area contributed by atoms with Crippen molar-refractivity contribution in [3.63, 3.8) is 0 Å². The van der Waals surface area contributed by atoms with Crippen LogP contribution in [0.5, 0.6) is 0 Å². The minimum Gasteiger partial charge on any atom is -0.387 e. The van der Waals surface area contributed by atoms with Crippen LogP contribution in [0, 0.1) is 0 Å². The lowest BCUT2D eigenvalue weighted by molar-refractivity contribution is -0.306. The Morgan fingerprint density at radius 2 is 0.826 bits per heavy atom. The van der Waals surface area contributed by atoms with Crippen molar-refractivity contribution >= 4 is 0 Å². The smallest absolute Gasteiger partial charge is 0.187 e. The molecule has 0 radical (unpaired) electrons. The van der Waals surface area contributed by atoms with Crippen LogP contribution < -0.4 is 0 Å². The first-order valence-electron chi connectivity index (χ1n) is 15.2. The van der Waals surface area contributed by atoms with Crippen LogP contribution in [0.2, 0.25) is 0 Å². The highest BCUT2D eigenvalue weighted by molar-refractivity contribution is 5.22. The lowest BCUT2D eigenvalue weighted by Crippen LogP contribution is -2.59. The number of rotatable bonds is 14. The van der Waals surface area contributed by atoms with Crippen molar-refractivity contribution in [2.75, 3.05) is 13.2 Å². The SMILES string of the molecule is O[C@H]1[C@@H](O)[C@@H](COCc2ccccc2)O[C@@H](OCc2cccc(CO[C@@H]3O[C@H](COCc4ccccc4)[C@H](O)[C@H](O)[C@H]3O)c2)[C@@H]1O. The van der Waals surface area contributed by atoms with Crippen LogP contribution in [-0.4, -0.2) is 105 Å². The third-order valence-corrected chi connectivity index (χ3v) is 7.94. The summed E-state index contributed by atoms with van der Waals surface area (Å²) in [6, 6.07) is 26.1. The number of hydrogen-bond acceptors (Lipinski definition) is 12. The number of aliphatic hydroxyl groups excluding tert-OH is 6. The predicted molar refractivity (Wildman–Crippen MR) is 162 cm³/mol. The van der Waals surface area contributed by atoms with E-state index >= 15 is 0 Å². The molecule has 0 aromatic heterocycles. The summed E-state index contributed by atoms with van der Waals surface area (Å²) in [6.45, 7) is 0.546. The molecule has 3 aromatic carbocycles. The van der Waals surface area contributed by atoms with Crippen LogP contribution in [0.1, 0.15) is 22.3 Å². The average molecular weight is 643 g/mol. The van der Waals surface area contributed by atoms with Gasteiger partial charge in [0, 0.05) is 0 Å². The van der Waals surface area contributed by atoms with E-state index in [1.54, 1.807) is 24.3 Å². The van der Waals surface area contributed by atoms with Gasteiger partial charge in [-0.2, -0.15) is 0 Å². The summed E-state index contributed by atoms with van der Waals surface area (Å²) in [7, 11) is 0. The second-order valence-electron chi connectivity index (χ2n) is 11.5. The van der Waals surface area contributed by atoms with E-state index in [-0.39, 0.29) is 39.6 Å². The van der Waals surface area contributed by atoms with Gasteiger partial charge in [-0.25, -0.2) is 0 Å². The van der Waals surface area contributed by atoms with Gasteiger partial charge in [0.25, 0.3) is 0 Å². The molecule has 0 amide bonds. The Morgan fingerprint density at radius 3 is 1.24 bits per heavy atom. The Hall–Kier alpha value is -2.82. The van der Waals surface area contributed by atoms with Gasteiger partial charge in [-0.05, 0) is 22.3 Å². The van der Waals surface area contributed by atoms with Crippen LogP contribution in [0.15, 0.2) is 84.9 Å². The molecule has 12 heteroatoms. The predicted octanol–water partition coefficient (Wildman–Crippen LogP) is 0.769. The minimum atomic E-state index is -1.49. The maximum atomic E-state index is 10.5. The number of aliphatic hydroxyl groups is 6. The summed E-state index contributed by atoms with van der Waals surface area (Å²) >= 11 is 0. The lowest BCUT2D eigenvalue weighted by Gasteiger charge is -2.40. The number of hydrogen-bond donors (Lipinski definition) is 6. The maximum Gasteiger partial charge on any atom is 0.187 e. The van der Waals surface area contributed by atoms with Gasteiger partial charge in [0.1, 0.15) is 48.8 Å². The number of benzene rings is 3. The molecular formula is C34H42O12. The quantitative estimate of drug-likeness (QED) is 0.146. The normalized spacial score (nSPS) is 31.5. The second kappa shape index (κ2) is 16.8. The molecule has 2 aliphatic heterocycles. The van der Waals surface area contributed by atoms with E-state index in [1.165, 1.54) is 0 Å². The molecule has 2 fully saturated rings. The van der Waals surface area contributed by atoms with Gasteiger partial charge in [0.15, 0.2) is 12.6 Å². The van der Waals surface area contributed by atoms with E-state index in [0.29, 0.717) is 11.1 Å². The summed E-state index contributed by atoms with van der Waals surface area (Å²) in [5, 5.41) is 62.6. The van der Waals surface area contributed by atoms with Gasteiger partial charge < -0.3 is 59.1 Å². The van der Waals surface area contributed by atoms with Gasteiger partial charge in [0.2, 0.25) is 0 Å². The Balaban J connectivity index is 1.10. The molecule has 0 unspecified atom stereocenters. The van der Waals surface area contributed by atoms with Crippen molar-refractivity contribution in [2.45, 2.75) is 87.8 Å². The highest BCUT2D eigenvalue weighted by atomic mass is 16.7. The van der Waals surface area contributed by atoms with Gasteiger partial charge in [0.05, 0.1) is 39.6 Å². The average Bonchev–Trinajstić information content (AvgIpc) is 3.08. The fourth-order valence-electron chi connectivity index (χ4n) is 5.28. The third kappa shape index (κ3) is 9.16. The highest BCUT2D eigenvalue weighted by Gasteiger charge is 2.45. The third-order valence-electron chi connectivity index (χ3n) is 7.94. The minimum absolute atomic E-state index is 0.00423. The second-order valence-corrected chi connectivity index (χ2v) is 11.5. The molecule has 2 heterocycles. The molecule has 12 nitrogen and oxygen atoms in total. The van der Waals surface area contributed by atoms with Gasteiger partial charge in [-0.3, -0.25) is 0 Å². The Kier molecular flexibility index (Phi) is 12.6. The van der Waals surface area contributed by atoms with E-state index in [1.807, 2.05) is 60.7 Å². The van der Waals surface area contributed by atoms with Gasteiger partial charge in [-0.1, -0.05) is 84.9 Å². The van der Waals surface area contributed by atoms with E-state index < -0.39 is 61.4 Å². The van der Waals surface area contributed by atoms with E-state index in [9.17, 15) is 30.6 Å². The molecule has 250 valence electrons. The molecule has 0 spiro atoms. The Morgan fingerprint density at radius 1 is 0.435 bits per heavy atom. The zero-order valence-electron chi connectivity index (χ0n) is 25.2. The molecule has 0 saturated carbocycles. The van der Waals surface area contributed by atoms with E-state index in [4.69, 9.17) is 28.4 Å². The fraction of sp³-hybridized carbons (Fsp3) is 0.471. The summed E-state index contributed by atoms with van der Waals surface area (Å²) in [6.07, 6.45) is -13.0. The van der Waals surface area contributed by atoms with Crippen molar-refractivity contribution in [1.29, 1.82) is 0 Å². The summed E-state index contributed by atoms with van der Waals surface area (Å²) in [5.41, 5.74) is 3.27. The molecule has 2 aliphatic rings. The molecule has 5 rings (SSSR count). The van der Waals surface area contributed by atoms with Crippen LogP contribution in [0.3, 0.4) is 0 Å². The molecule has 46 heavy (non-hydrogen) atoms. The molecule has 0 bridgehead atoms. The standard InChI is InChI=1S/C34H42O12/c35-27-25(19-41-15-21-8-3-1-4-9-21)45-33(31(39)29(27)37)43-17-23-12-7-13-24(14-23)18-44-34-32(40)30(38)28(36)26(46-34)20-42-16-22-10-5-2-6-11-22/h1-14,25-40H,15-20H2/t25-,26-,27+,28+,29+,30+,31-,32-,33-,34-/m1/s1. The molecule has 10 atom stereocenters. The van der Waals surface area contributed by atoms with E-state index in [2.05, 4.69) is 0 Å². The van der Waals surface area contributed by atoms with Crippen molar-refractivity contribution in [1.82, 2.24) is 0 Å². The zero-order chi connectivity index (χ0) is 32.5. The molecule has 2 saturated heterocycles. The largest absolute Gasteiger partial charge is 0.387 e. The molecule has 0 aliphatic carbocycles. The van der Waals surface area contributed by atoms with Gasteiger partial charge in [-0.15, -0.1) is 0 Å². The monoisotopic (exact) mass is 642 g/mol. The lowest BCUT2D eigenvalue weighted by atomic mass is 9.99. The number of ether oxygens (including phenoxy) is 6. The zero-order valence-corrected chi connectivity index (χ0v) is 25.2. The fourth-order valence-corrected chi connectivity index (χ4v) is 5.28. The van der Waals surface area contributed by atoms with Crippen LogP contribution in [0.4, 0.5) is 0 Å². The molecular weight excluding hydrogens is 600 g/mol. The first-order valence-corrected chi connectivity index (χ1v) is 15.2. The van der Waals surface area contributed by atoms with Crippen LogP contribution >= 0.6 is 0 Å². The first-order chi connectivity index (χ1) is 22.3. The van der Waals surface area contributed by atoms with Crippen molar-refractivity contribution in [3.05, 3.63) is 107 Å². The summed E-state index contributed by atoms with van der Waals surface area (Å²) in [4.78, 5) is 0. The van der Waals surface area contributed by atoms with E-state index in [0.717, 1.165) is 11.1 Å². The van der Waals surface area contributed by atoms with Crippen LogP contribution in [0.25, 0.3) is 0 Å².